The van der Waals surface area contributed by atoms with E-state index in [1.54, 1.807) is 141 Å². The van der Waals surface area contributed by atoms with Crippen molar-refractivity contribution in [3.63, 3.8) is 0 Å². The van der Waals surface area contributed by atoms with Gasteiger partial charge in [-0.25, -0.2) is 19.4 Å². The molecule has 5 N–H and O–H groups in total. The van der Waals surface area contributed by atoms with Gasteiger partial charge in [0.25, 0.3) is 16.7 Å². The molecule has 1 unspecified atom stereocenters. The van der Waals surface area contributed by atoms with Crippen LogP contribution in [0.15, 0.2) is 245 Å². The number of carboxylic acid groups (broad SMARTS) is 2. The fourth-order valence-electron chi connectivity index (χ4n) is 9.20. The van der Waals surface area contributed by atoms with Crippen LogP contribution in [0.3, 0.4) is 0 Å². The Bertz CT molecular complexity index is 5150. The van der Waals surface area contributed by atoms with Gasteiger partial charge in [-0.3, -0.25) is 51.9 Å². The summed E-state index contributed by atoms with van der Waals surface area (Å²) < 4.78 is 16.7. The second kappa shape index (κ2) is 47.0. The molecule has 0 aliphatic carbocycles. The van der Waals surface area contributed by atoms with E-state index < -0.39 is 47.8 Å². The summed E-state index contributed by atoms with van der Waals surface area (Å²) in [5.41, 5.74) is 5.87. The van der Waals surface area contributed by atoms with E-state index >= 15 is 0 Å². The van der Waals surface area contributed by atoms with Gasteiger partial charge in [0, 0.05) is 136 Å². The van der Waals surface area contributed by atoms with Crippen molar-refractivity contribution in [3.05, 3.63) is 325 Å². The smallest absolute Gasteiger partial charge is 0.477 e. The molecule has 0 fully saturated rings. The molecule has 0 amide bonds. The van der Waals surface area contributed by atoms with Gasteiger partial charge in [-0.2, -0.15) is 28.8 Å². The topological polar surface area (TPSA) is 326 Å². The second-order valence-corrected chi connectivity index (χ2v) is 26.8. The number of fused-ring (bicyclic) bond motifs is 3. The van der Waals surface area contributed by atoms with E-state index in [1.807, 2.05) is 67.8 Å². The maximum Gasteiger partial charge on any atom is 1.00 e. The molecule has 0 radical (unpaired) electrons. The number of unbranched alkanes of at least 4 members (excludes halogenated alkanes) is 1. The molecule has 1 atom stereocenters. The molecular formula is C73H66BBr5Cl2Li2N12O12. The number of hydrogen-bond acceptors (Lipinski definition) is 17. The molecule has 544 valence electrons. The Balaban J connectivity index is 0.000000281. The first-order valence-electron chi connectivity index (χ1n) is 31.2. The van der Waals surface area contributed by atoms with Crippen LogP contribution in [0.4, 0.5) is 0 Å². The van der Waals surface area contributed by atoms with Crippen molar-refractivity contribution in [3.8, 4) is 11.1 Å². The van der Waals surface area contributed by atoms with E-state index in [1.165, 1.54) is 48.7 Å². The Morgan fingerprint density at radius 2 is 1.04 bits per heavy atom. The van der Waals surface area contributed by atoms with Crippen LogP contribution in [0, 0.1) is 13.1 Å². The summed E-state index contributed by atoms with van der Waals surface area (Å²) in [6, 6.07) is 38.5. The fourth-order valence-corrected chi connectivity index (χ4v) is 10.4. The van der Waals surface area contributed by atoms with Crippen molar-refractivity contribution in [1.29, 1.82) is 0 Å². The van der Waals surface area contributed by atoms with Crippen LogP contribution in [-0.4, -0.2) is 120 Å². The molecule has 0 bridgehead atoms. The summed E-state index contributed by atoms with van der Waals surface area (Å²) in [5, 5.41) is 54.5. The van der Waals surface area contributed by atoms with Crippen LogP contribution in [0.2, 0.25) is 0 Å². The zero-order valence-electron chi connectivity index (χ0n) is 58.3. The van der Waals surface area contributed by atoms with Gasteiger partial charge in [0.05, 0.1) is 40.4 Å². The molecule has 13 aromatic heterocycles. The standard InChI is InChI=1S/C20H16N4O3.C18H15BrN2O4.C16H11BrN2O3.C5H3Br2N.C5H3BrN.C4H7BN2O2.C4H9.CH2Cl2.2Li/c1-23-12-15(11-22-23)13-5-6-16(21-10-13)8-14-9-17(20(26)27)19(25)24-7-3-2-4-18(14)24;1-2-25-18(24)13-9-12(15-5-3-4-8-21(15)17(13)23)16(22)14-7-6-11(19)10-20-14;17-11-4-5-12(18-9-11)7-10-8-13(16(21)22)15(20)19-6-2-1-3-14(10)19;6-4-1-2-5(7)8-3-4;6-5-2-1-3-7-4-5;1-7-3-4(2-6-7)5(8)9;1-3-4-2;2-1-3;;/h2-7,9-12H,8H2,1H3,(H,26,27);3-10,16,22H,2H2,1H3;1-6,8-9H,7H2,(H,21,22);1-3H;1-2,4H;2-3,8-9H,1H3;1,3-4H2,2H3;1H2;;/q;;;;-1;;-1;;2*+1. The number of hydrogen-bond donors (Lipinski definition) is 5. The zero-order chi connectivity index (χ0) is 76.7. The maximum atomic E-state index is 12.6. The SMILES string of the molecule is Brc1cc[c-]nc1.Brc1ccc(Br)nc1.CCOC(=O)c1cc(C(O)c2ccc(Br)cn2)c2ccccn2c1=O.ClCCl.Cn1cc(-c2ccc(Cc3cc(C(=O)O)c(=O)n4ccccc34)nc2)cn1.Cn1cc(B(O)O)cn1.O=C(O)c1cc(Cc2ccc(Br)cn2)c2ccccn2c1=O.[CH2-]CCC.[Li+].[Li+]. The summed E-state index contributed by atoms with van der Waals surface area (Å²) in [7, 11) is 2.17. The van der Waals surface area contributed by atoms with E-state index in [0.717, 1.165) is 62.6 Å². The van der Waals surface area contributed by atoms with Gasteiger partial charge >= 0.3 is 62.7 Å². The molecule has 107 heavy (non-hydrogen) atoms. The van der Waals surface area contributed by atoms with Crippen LogP contribution in [-0.2, 0) is 31.7 Å². The van der Waals surface area contributed by atoms with Gasteiger partial charge in [-0.05, 0) is 179 Å². The normalized spacial score (nSPS) is 10.3. The summed E-state index contributed by atoms with van der Waals surface area (Å²) in [6.07, 6.45) is 24.5. The average Bonchev–Trinajstić information content (AvgIpc) is 1.03. The molecule has 34 heteroatoms. The molecule has 0 spiro atoms. The van der Waals surface area contributed by atoms with Crippen LogP contribution < -0.4 is 59.9 Å². The molecule has 0 aromatic carbocycles. The Morgan fingerprint density at radius 1 is 0.570 bits per heavy atom. The number of pyridine rings is 11. The van der Waals surface area contributed by atoms with Crippen molar-refractivity contribution in [2.24, 2.45) is 14.1 Å². The van der Waals surface area contributed by atoms with Crippen molar-refractivity contribution >= 4 is 150 Å². The monoisotopic (exact) mass is 1790 g/mol. The Morgan fingerprint density at radius 3 is 1.41 bits per heavy atom. The minimum absolute atomic E-state index is 0. The molecule has 0 aliphatic rings. The van der Waals surface area contributed by atoms with Crippen molar-refractivity contribution in [1.82, 2.24) is 57.7 Å². The Labute approximate surface area is 691 Å². The van der Waals surface area contributed by atoms with Gasteiger partial charge in [0.1, 0.15) is 27.4 Å². The summed E-state index contributed by atoms with van der Waals surface area (Å²) in [6.45, 7) is 7.54. The number of rotatable bonds is 13. The predicted molar refractivity (Wildman–Crippen MR) is 421 cm³/mol. The number of carbonyl (C=O) groups is 3. The third kappa shape index (κ3) is 28.2. The number of carboxylic acids is 2. The van der Waals surface area contributed by atoms with Crippen LogP contribution in [0.1, 0.15) is 97.6 Å². The molecule has 24 nitrogen and oxygen atoms in total. The number of carbonyl (C=O) groups excluding carboxylic acids is 1. The molecule has 13 rings (SSSR count). The average molecular weight is 1800 g/mol. The number of halogens is 7. The second-order valence-electron chi connectivity index (χ2n) is 21.5. The first-order chi connectivity index (χ1) is 50.3. The zero-order valence-corrected chi connectivity index (χ0v) is 67.8. The van der Waals surface area contributed by atoms with Gasteiger partial charge in [0.15, 0.2) is 0 Å². The van der Waals surface area contributed by atoms with Crippen molar-refractivity contribution in [2.75, 3.05) is 11.9 Å². The minimum Gasteiger partial charge on any atom is -0.477 e. The third-order valence-electron chi connectivity index (χ3n) is 14.1. The minimum atomic E-state index is -1.40. The predicted octanol–water partition coefficient (Wildman–Crippen LogP) is 7.25. The number of alkyl halides is 2. The number of aromatic nitrogens is 12. The van der Waals surface area contributed by atoms with E-state index in [9.17, 15) is 44.1 Å². The molecule has 13 aromatic rings. The number of nitrogens with zero attached hydrogens (tertiary/aromatic N) is 12. The number of ether oxygens (including phenoxy) is 1. The third-order valence-corrected chi connectivity index (χ3v) is 16.5. The van der Waals surface area contributed by atoms with Crippen LogP contribution >= 0.6 is 103 Å². The molecule has 0 saturated carbocycles. The molecular weight excluding hydrogens is 1730 g/mol. The summed E-state index contributed by atoms with van der Waals surface area (Å²) >= 11 is 25.9. The van der Waals surface area contributed by atoms with Gasteiger partial charge in [0.2, 0.25) is 0 Å². The quantitative estimate of drug-likeness (QED) is 0.0249. The number of aliphatic hydroxyl groups is 1. The maximum absolute atomic E-state index is 12.6. The van der Waals surface area contributed by atoms with E-state index in [2.05, 4.69) is 135 Å². The van der Waals surface area contributed by atoms with Gasteiger partial charge in [-0.15, -0.1) is 23.2 Å². The first-order valence-corrected chi connectivity index (χ1v) is 36.2. The largest absolute Gasteiger partial charge is 1.00 e. The Hall–Kier alpha value is -8.01. The van der Waals surface area contributed by atoms with Gasteiger partial charge in [-0.1, -0.05) is 70.4 Å². The number of aromatic carboxylic acids is 2. The van der Waals surface area contributed by atoms with E-state index in [-0.39, 0.29) is 66.4 Å². The molecule has 13 heterocycles. The van der Waals surface area contributed by atoms with Crippen molar-refractivity contribution < 1.29 is 82.2 Å². The summed E-state index contributed by atoms with van der Waals surface area (Å²) in [4.78, 5) is 92.6. The number of aryl methyl sites for hydroxylation is 2. The van der Waals surface area contributed by atoms with Gasteiger partial charge < -0.3 is 42.0 Å². The van der Waals surface area contributed by atoms with Crippen molar-refractivity contribution in [2.45, 2.75) is 45.6 Å². The Kier molecular flexibility index (Phi) is 40.2. The van der Waals surface area contributed by atoms with Crippen LogP contribution in [0.5, 0.6) is 0 Å². The fraction of sp³-hybridized carbons (Fsp3) is 0.151. The molecule has 0 aliphatic heterocycles. The van der Waals surface area contributed by atoms with E-state index in [0.29, 0.717) is 46.1 Å². The summed E-state index contributed by atoms with van der Waals surface area (Å²) in [5.74, 6) is -3.18. The number of aliphatic hydroxyl groups excluding tert-OH is 1. The molecule has 0 saturated heterocycles. The number of esters is 1. The van der Waals surface area contributed by atoms with Crippen LogP contribution in [0.25, 0.3) is 27.7 Å². The first kappa shape index (κ1) is 91.4. The van der Waals surface area contributed by atoms with E-state index in [4.69, 9.17) is 38.0 Å².